The Morgan fingerprint density at radius 3 is 2.70 bits per heavy atom. The van der Waals surface area contributed by atoms with Gasteiger partial charge in [-0.05, 0) is 36.4 Å². The van der Waals surface area contributed by atoms with Gasteiger partial charge in [-0.15, -0.1) is 10.2 Å². The summed E-state index contributed by atoms with van der Waals surface area (Å²) in [6.07, 6.45) is 0. The van der Waals surface area contributed by atoms with E-state index in [9.17, 15) is 9.59 Å². The monoisotopic (exact) mass is 482 g/mol. The van der Waals surface area contributed by atoms with Crippen LogP contribution in [0.5, 0.6) is 0 Å². The van der Waals surface area contributed by atoms with Crippen molar-refractivity contribution < 1.29 is 9.59 Å². The molecular formula is C17H12BrClN4O2S2. The van der Waals surface area contributed by atoms with Crippen LogP contribution >= 0.6 is 50.6 Å². The first-order valence-corrected chi connectivity index (χ1v) is 10.6. The standard InChI is InChI=1S/C17H12BrClN4O2S2/c18-11-4-1-3-10(7-11)15(25)21-16-22-23-17(27-16)26-9-14(24)20-13-6-2-5-12(19)8-13/h1-8H,9H2,(H,20,24)(H,21,22,25). The smallest absolute Gasteiger partial charge is 0.257 e. The van der Waals surface area contributed by atoms with Crippen LogP contribution in [0.1, 0.15) is 10.4 Å². The quantitative estimate of drug-likeness (QED) is 0.383. The van der Waals surface area contributed by atoms with Crippen molar-refractivity contribution in [1.82, 2.24) is 10.2 Å². The molecule has 0 aliphatic carbocycles. The first-order valence-electron chi connectivity index (χ1n) is 7.58. The zero-order chi connectivity index (χ0) is 19.2. The Morgan fingerprint density at radius 2 is 1.93 bits per heavy atom. The van der Waals surface area contributed by atoms with Crippen molar-refractivity contribution in [3.8, 4) is 0 Å². The fourth-order valence-electron chi connectivity index (χ4n) is 2.01. The van der Waals surface area contributed by atoms with E-state index in [-0.39, 0.29) is 17.6 Å². The molecule has 0 bridgehead atoms. The lowest BCUT2D eigenvalue weighted by Crippen LogP contribution is -2.13. The maximum atomic E-state index is 12.2. The normalized spacial score (nSPS) is 10.4. The summed E-state index contributed by atoms with van der Waals surface area (Å²) in [4.78, 5) is 24.2. The summed E-state index contributed by atoms with van der Waals surface area (Å²) < 4.78 is 1.40. The van der Waals surface area contributed by atoms with Crippen molar-refractivity contribution in [3.05, 3.63) is 63.6 Å². The molecule has 6 nitrogen and oxygen atoms in total. The zero-order valence-electron chi connectivity index (χ0n) is 13.6. The Bertz CT molecular complexity index is 983. The van der Waals surface area contributed by atoms with Crippen LogP contribution in [0.4, 0.5) is 10.8 Å². The van der Waals surface area contributed by atoms with Crippen molar-refractivity contribution in [2.45, 2.75) is 4.34 Å². The van der Waals surface area contributed by atoms with Crippen molar-refractivity contribution in [1.29, 1.82) is 0 Å². The van der Waals surface area contributed by atoms with Crippen molar-refractivity contribution in [3.63, 3.8) is 0 Å². The summed E-state index contributed by atoms with van der Waals surface area (Å²) in [6, 6.07) is 14.0. The van der Waals surface area contributed by atoms with Crippen LogP contribution in [0.2, 0.25) is 5.02 Å². The van der Waals surface area contributed by atoms with Gasteiger partial charge in [0.1, 0.15) is 0 Å². The molecule has 1 heterocycles. The first kappa shape index (κ1) is 19.8. The number of rotatable bonds is 6. The number of hydrogen-bond donors (Lipinski definition) is 2. The second-order valence-electron chi connectivity index (χ2n) is 5.18. The third-order valence-corrected chi connectivity index (χ3v) is 5.85. The SMILES string of the molecule is O=C(CSc1nnc(NC(=O)c2cccc(Br)c2)s1)Nc1cccc(Cl)c1. The molecule has 3 rings (SSSR count). The fourth-order valence-corrected chi connectivity index (χ4v) is 4.14. The van der Waals surface area contributed by atoms with Gasteiger partial charge in [-0.2, -0.15) is 0 Å². The van der Waals surface area contributed by atoms with E-state index in [1.54, 1.807) is 42.5 Å². The van der Waals surface area contributed by atoms with E-state index in [2.05, 4.69) is 36.8 Å². The molecule has 3 aromatic rings. The van der Waals surface area contributed by atoms with E-state index in [0.29, 0.717) is 25.7 Å². The van der Waals surface area contributed by atoms with Crippen molar-refractivity contribution in [2.24, 2.45) is 0 Å². The van der Waals surface area contributed by atoms with Gasteiger partial charge in [0.25, 0.3) is 5.91 Å². The van der Waals surface area contributed by atoms with Gasteiger partial charge >= 0.3 is 0 Å². The summed E-state index contributed by atoms with van der Waals surface area (Å²) in [5.74, 6) is -0.291. The minimum absolute atomic E-state index is 0.167. The number of carbonyl (C=O) groups excluding carboxylic acids is 2. The van der Waals surface area contributed by atoms with Gasteiger partial charge in [0.2, 0.25) is 11.0 Å². The number of halogens is 2. The highest BCUT2D eigenvalue weighted by atomic mass is 79.9. The summed E-state index contributed by atoms with van der Waals surface area (Å²) >= 11 is 11.7. The maximum Gasteiger partial charge on any atom is 0.257 e. The molecule has 0 saturated carbocycles. The fraction of sp³-hybridized carbons (Fsp3) is 0.0588. The predicted octanol–water partition coefficient (Wildman–Crippen LogP) is 4.94. The van der Waals surface area contributed by atoms with Crippen molar-refractivity contribution >= 4 is 73.3 Å². The molecule has 2 N–H and O–H groups in total. The number of nitrogens with one attached hydrogen (secondary N) is 2. The van der Waals surface area contributed by atoms with E-state index in [4.69, 9.17) is 11.6 Å². The topological polar surface area (TPSA) is 84.0 Å². The number of aromatic nitrogens is 2. The van der Waals surface area contributed by atoms with Crippen LogP contribution in [-0.2, 0) is 4.79 Å². The second-order valence-corrected chi connectivity index (χ2v) is 8.74. The maximum absolute atomic E-state index is 12.2. The molecule has 1 aromatic heterocycles. The molecule has 0 radical (unpaired) electrons. The van der Waals surface area contributed by atoms with Crippen LogP contribution in [0, 0.1) is 0 Å². The van der Waals surface area contributed by atoms with Crippen LogP contribution in [0.3, 0.4) is 0 Å². The van der Waals surface area contributed by atoms with Gasteiger partial charge in [-0.25, -0.2) is 0 Å². The van der Waals surface area contributed by atoms with Gasteiger partial charge < -0.3 is 5.32 Å². The Hall–Kier alpha value is -1.94. The second kappa shape index (κ2) is 9.32. The molecule has 0 saturated heterocycles. The highest BCUT2D eigenvalue weighted by Gasteiger charge is 2.12. The summed E-state index contributed by atoms with van der Waals surface area (Å²) in [5, 5.41) is 14.3. The average Bonchev–Trinajstić information content (AvgIpc) is 3.07. The number of amides is 2. The molecule has 0 aliphatic rings. The number of carbonyl (C=O) groups is 2. The Morgan fingerprint density at radius 1 is 1.11 bits per heavy atom. The number of hydrogen-bond acceptors (Lipinski definition) is 6. The lowest BCUT2D eigenvalue weighted by Gasteiger charge is -2.04. The van der Waals surface area contributed by atoms with Crippen LogP contribution in [0.15, 0.2) is 57.3 Å². The highest BCUT2D eigenvalue weighted by Crippen LogP contribution is 2.26. The number of thioether (sulfide) groups is 1. The van der Waals surface area contributed by atoms with E-state index >= 15 is 0 Å². The van der Waals surface area contributed by atoms with Gasteiger partial charge in [0, 0.05) is 20.7 Å². The Balaban J connectivity index is 1.52. The van der Waals surface area contributed by atoms with Crippen LogP contribution in [-0.4, -0.2) is 27.8 Å². The van der Waals surface area contributed by atoms with E-state index in [1.165, 1.54) is 23.1 Å². The summed E-state index contributed by atoms with van der Waals surface area (Å²) in [7, 11) is 0. The number of nitrogens with zero attached hydrogens (tertiary/aromatic N) is 2. The molecular weight excluding hydrogens is 472 g/mol. The molecule has 0 fully saturated rings. The van der Waals surface area contributed by atoms with E-state index < -0.39 is 0 Å². The summed E-state index contributed by atoms with van der Waals surface area (Å²) in [5.41, 5.74) is 1.14. The average molecular weight is 484 g/mol. The molecule has 0 unspecified atom stereocenters. The van der Waals surface area contributed by atoms with Gasteiger partial charge in [-0.3, -0.25) is 14.9 Å². The van der Waals surface area contributed by atoms with Crippen LogP contribution in [0.25, 0.3) is 0 Å². The number of anilines is 2. The molecule has 0 atom stereocenters. The molecule has 2 amide bonds. The molecule has 2 aromatic carbocycles. The van der Waals surface area contributed by atoms with Gasteiger partial charge in [0.15, 0.2) is 4.34 Å². The van der Waals surface area contributed by atoms with Crippen LogP contribution < -0.4 is 10.6 Å². The minimum Gasteiger partial charge on any atom is -0.325 e. The lowest BCUT2D eigenvalue weighted by molar-refractivity contribution is -0.113. The molecule has 138 valence electrons. The highest BCUT2D eigenvalue weighted by molar-refractivity contribution is 9.10. The van der Waals surface area contributed by atoms with E-state index in [0.717, 1.165) is 4.47 Å². The predicted molar refractivity (Wildman–Crippen MR) is 113 cm³/mol. The van der Waals surface area contributed by atoms with E-state index in [1.807, 2.05) is 6.07 Å². The minimum atomic E-state index is -0.275. The number of benzene rings is 2. The summed E-state index contributed by atoms with van der Waals surface area (Å²) in [6.45, 7) is 0. The lowest BCUT2D eigenvalue weighted by atomic mass is 10.2. The first-order chi connectivity index (χ1) is 13.0. The third-order valence-electron chi connectivity index (χ3n) is 3.15. The third kappa shape index (κ3) is 6.03. The van der Waals surface area contributed by atoms with Crippen molar-refractivity contribution in [2.75, 3.05) is 16.4 Å². The zero-order valence-corrected chi connectivity index (χ0v) is 17.6. The Labute approximate surface area is 176 Å². The molecule has 27 heavy (non-hydrogen) atoms. The van der Waals surface area contributed by atoms with Gasteiger partial charge in [0.05, 0.1) is 5.75 Å². The molecule has 0 spiro atoms. The largest absolute Gasteiger partial charge is 0.325 e. The molecule has 10 heteroatoms. The van der Waals surface area contributed by atoms with Gasteiger partial charge in [-0.1, -0.05) is 62.8 Å². The Kier molecular flexibility index (Phi) is 6.84. The molecule has 0 aliphatic heterocycles.